The van der Waals surface area contributed by atoms with E-state index in [0.29, 0.717) is 31.3 Å². The molecule has 0 aliphatic carbocycles. The number of carbonyl (C=O) groups is 1. The van der Waals surface area contributed by atoms with Crippen LogP contribution in [0.4, 0.5) is 0 Å². The van der Waals surface area contributed by atoms with Gasteiger partial charge in [0, 0.05) is 17.7 Å². The van der Waals surface area contributed by atoms with Crippen LogP contribution < -0.4 is 19.5 Å². The predicted octanol–water partition coefficient (Wildman–Crippen LogP) is 6.95. The number of hydrogen-bond acceptors (Lipinski definition) is 4. The van der Waals surface area contributed by atoms with E-state index in [1.165, 1.54) is 11.1 Å². The van der Waals surface area contributed by atoms with Gasteiger partial charge in [-0.15, -0.1) is 0 Å². The fraction of sp³-hybridized carbons (Fsp3) is 0.552. The van der Waals surface area contributed by atoms with Crippen molar-refractivity contribution in [2.45, 2.75) is 87.0 Å². The van der Waals surface area contributed by atoms with Crippen molar-refractivity contribution >= 4 is 38.3 Å². The molecule has 0 aromatic heterocycles. The molecular formula is C29H44LiO4P. The Hall–Kier alpha value is -1.46. The molecule has 0 saturated carbocycles. The Labute approximate surface area is 226 Å². The summed E-state index contributed by atoms with van der Waals surface area (Å²) in [7, 11) is -0.0826. The summed E-state index contributed by atoms with van der Waals surface area (Å²) in [6.45, 7) is 16.6. The van der Waals surface area contributed by atoms with Gasteiger partial charge in [0.1, 0.15) is 17.2 Å². The minimum atomic E-state index is -0.0826. The Morgan fingerprint density at radius 1 is 0.714 bits per heavy atom. The van der Waals surface area contributed by atoms with Crippen LogP contribution >= 0.6 is 8.58 Å². The van der Waals surface area contributed by atoms with E-state index in [9.17, 15) is 4.79 Å². The number of hydrogen-bond donors (Lipinski definition) is 0. The molecule has 2 rings (SSSR count). The Morgan fingerprint density at radius 2 is 1.20 bits per heavy atom. The zero-order valence-corrected chi connectivity index (χ0v) is 23.2. The van der Waals surface area contributed by atoms with Crippen LogP contribution in [-0.2, 0) is 0 Å². The van der Waals surface area contributed by atoms with Crippen LogP contribution in [0.15, 0.2) is 18.2 Å². The van der Waals surface area contributed by atoms with E-state index in [4.69, 9.17) is 14.2 Å². The second-order valence-electron chi connectivity index (χ2n) is 8.99. The minimum absolute atomic E-state index is 0. The third-order valence-electron chi connectivity index (χ3n) is 6.14. The fourth-order valence-electron chi connectivity index (χ4n) is 3.80. The van der Waals surface area contributed by atoms with Gasteiger partial charge >= 0.3 is 18.9 Å². The summed E-state index contributed by atoms with van der Waals surface area (Å²) < 4.78 is 18.4. The maximum absolute atomic E-state index is 13.6. The van der Waals surface area contributed by atoms with Crippen molar-refractivity contribution in [3.63, 3.8) is 0 Å². The molecule has 6 heteroatoms. The number of carbonyl (C=O) groups excluding carboxylic acids is 1. The molecule has 4 nitrogen and oxygen atoms in total. The molecule has 0 radical (unpaired) electrons. The van der Waals surface area contributed by atoms with Crippen LogP contribution in [0.1, 0.15) is 91.9 Å². The normalized spacial score (nSPS) is 10.9. The Kier molecular flexibility index (Phi) is 14.7. The number of unbranched alkanes of at least 4 members (excludes halogenated alkanes) is 3. The average Bonchev–Trinajstić information content (AvgIpc) is 2.80. The molecular weight excluding hydrogens is 450 g/mol. The average molecular weight is 495 g/mol. The third kappa shape index (κ3) is 9.17. The van der Waals surface area contributed by atoms with Crippen molar-refractivity contribution in [3.05, 3.63) is 46.0 Å². The van der Waals surface area contributed by atoms with Gasteiger partial charge in [0.15, 0.2) is 5.52 Å². The van der Waals surface area contributed by atoms with E-state index >= 15 is 0 Å². The monoisotopic (exact) mass is 494 g/mol. The van der Waals surface area contributed by atoms with E-state index in [1.54, 1.807) is 0 Å². The van der Waals surface area contributed by atoms with Gasteiger partial charge in [-0.05, 0) is 77.8 Å². The van der Waals surface area contributed by atoms with Crippen LogP contribution in [0, 0.1) is 27.7 Å². The van der Waals surface area contributed by atoms with Gasteiger partial charge in [0.25, 0.3) is 0 Å². The Bertz CT molecular complexity index is 927. The van der Waals surface area contributed by atoms with E-state index < -0.39 is 0 Å². The number of rotatable bonds is 15. The standard InChI is InChI=1S/C29H43O4P.Li.H/c1-8-11-14-31-24-18-25(32-15-12-9-2)28(26(19-24)33-16-13-10-3)34-29(30)27-21(5)17-20(4)22(6)23(27)7;;/h17-19,34H,8-16H2,1-7H3;;. The molecule has 35 heavy (non-hydrogen) atoms. The molecule has 0 heterocycles. The summed E-state index contributed by atoms with van der Waals surface area (Å²) in [6, 6.07) is 5.99. The van der Waals surface area contributed by atoms with Gasteiger partial charge in [0.05, 0.1) is 25.1 Å². The van der Waals surface area contributed by atoms with Crippen molar-refractivity contribution in [1.29, 1.82) is 0 Å². The molecule has 1 atom stereocenters. The first-order chi connectivity index (χ1) is 16.3. The van der Waals surface area contributed by atoms with Gasteiger partial charge < -0.3 is 14.2 Å². The van der Waals surface area contributed by atoms with E-state index in [0.717, 1.165) is 66.3 Å². The van der Waals surface area contributed by atoms with Crippen molar-refractivity contribution in [1.82, 2.24) is 0 Å². The van der Waals surface area contributed by atoms with Gasteiger partial charge in [-0.1, -0.05) is 46.1 Å². The summed E-state index contributed by atoms with van der Waals surface area (Å²) in [6.07, 6.45) is 6.07. The summed E-state index contributed by atoms with van der Waals surface area (Å²) in [5.41, 5.74) is 5.44. The Balaban J connectivity index is 0.00000612. The molecule has 0 spiro atoms. The van der Waals surface area contributed by atoms with Gasteiger partial charge in [-0.3, -0.25) is 4.79 Å². The first-order valence-electron chi connectivity index (χ1n) is 12.8. The van der Waals surface area contributed by atoms with E-state index in [1.807, 2.05) is 19.1 Å². The molecule has 0 saturated heterocycles. The number of aryl methyl sites for hydroxylation is 2. The molecule has 0 bridgehead atoms. The van der Waals surface area contributed by atoms with E-state index in [-0.39, 0.29) is 33.0 Å². The third-order valence-corrected chi connectivity index (χ3v) is 7.36. The molecule has 2 aromatic carbocycles. The first kappa shape index (κ1) is 31.6. The zero-order chi connectivity index (χ0) is 25.1. The molecule has 190 valence electrons. The summed E-state index contributed by atoms with van der Waals surface area (Å²) in [5.74, 6) is 2.16. The van der Waals surface area contributed by atoms with E-state index in [2.05, 4.69) is 47.6 Å². The molecule has 2 aromatic rings. The van der Waals surface area contributed by atoms with Gasteiger partial charge in [-0.25, -0.2) is 0 Å². The molecule has 0 amide bonds. The quantitative estimate of drug-likeness (QED) is 0.153. The number of ether oxygens (including phenoxy) is 3. The number of benzene rings is 2. The molecule has 0 aliphatic heterocycles. The second-order valence-corrected chi connectivity index (χ2v) is 10.2. The topological polar surface area (TPSA) is 44.8 Å². The van der Waals surface area contributed by atoms with Crippen molar-refractivity contribution < 1.29 is 19.0 Å². The summed E-state index contributed by atoms with van der Waals surface area (Å²) >= 11 is 0. The van der Waals surface area contributed by atoms with Crippen molar-refractivity contribution in [2.24, 2.45) is 0 Å². The predicted molar refractivity (Wildman–Crippen MR) is 152 cm³/mol. The zero-order valence-electron chi connectivity index (χ0n) is 22.2. The molecule has 0 aliphatic rings. The van der Waals surface area contributed by atoms with Gasteiger partial charge in [0.2, 0.25) is 0 Å². The Morgan fingerprint density at radius 3 is 1.69 bits per heavy atom. The van der Waals surface area contributed by atoms with Crippen LogP contribution in [0.3, 0.4) is 0 Å². The van der Waals surface area contributed by atoms with Crippen LogP contribution in [0.25, 0.3) is 0 Å². The maximum atomic E-state index is 13.6. The fourth-order valence-corrected chi connectivity index (χ4v) is 5.07. The summed E-state index contributed by atoms with van der Waals surface area (Å²) in [4.78, 5) is 13.6. The van der Waals surface area contributed by atoms with Crippen molar-refractivity contribution in [3.8, 4) is 17.2 Å². The van der Waals surface area contributed by atoms with Gasteiger partial charge in [-0.2, -0.15) is 0 Å². The molecule has 0 N–H and O–H groups in total. The second kappa shape index (κ2) is 16.3. The first-order valence-corrected chi connectivity index (χ1v) is 13.8. The van der Waals surface area contributed by atoms with Crippen LogP contribution in [-0.4, -0.2) is 44.2 Å². The SMILES string of the molecule is CCCCOc1cc(OCCCC)c(PC(=O)c2c(C)cc(C)c(C)c2C)c(OCCCC)c1.[LiH]. The van der Waals surface area contributed by atoms with Crippen LogP contribution in [0.2, 0.25) is 0 Å². The molecule has 0 fully saturated rings. The van der Waals surface area contributed by atoms with Crippen LogP contribution in [0.5, 0.6) is 17.2 Å². The molecule has 1 unspecified atom stereocenters. The summed E-state index contributed by atoms with van der Waals surface area (Å²) in [5, 5.41) is 0.845. The van der Waals surface area contributed by atoms with Crippen molar-refractivity contribution in [2.75, 3.05) is 19.8 Å².